The molecule has 0 unspecified atom stereocenters. The van der Waals surface area contributed by atoms with E-state index in [9.17, 15) is 13.2 Å². The van der Waals surface area contributed by atoms with E-state index in [1.165, 1.54) is 30.5 Å². The molecule has 104 valence electrons. The molecular formula is C13H11NO5S. The van der Waals surface area contributed by atoms with Crippen LogP contribution in [0.2, 0.25) is 0 Å². The van der Waals surface area contributed by atoms with Gasteiger partial charge in [0.2, 0.25) is 5.88 Å². The number of nitrogens with zero attached hydrogens (tertiary/aromatic N) is 1. The lowest BCUT2D eigenvalue weighted by atomic mass is 10.2. The average Bonchev–Trinajstić information content (AvgIpc) is 2.39. The van der Waals surface area contributed by atoms with Gasteiger partial charge in [0, 0.05) is 6.20 Å². The van der Waals surface area contributed by atoms with Crippen molar-refractivity contribution in [2.24, 2.45) is 0 Å². The molecule has 0 spiro atoms. The van der Waals surface area contributed by atoms with Gasteiger partial charge in [-0.2, -0.15) is 8.42 Å². The smallest absolute Gasteiger partial charge is 0.341 e. The Kier molecular flexibility index (Phi) is 3.71. The summed E-state index contributed by atoms with van der Waals surface area (Å²) in [5.74, 6) is -1.77. The van der Waals surface area contributed by atoms with E-state index in [0.717, 1.165) is 5.56 Å². The number of hydrogen-bond acceptors (Lipinski definition) is 5. The molecule has 2 aromatic rings. The summed E-state index contributed by atoms with van der Waals surface area (Å²) in [6.07, 6.45) is 1.26. The van der Waals surface area contributed by atoms with Gasteiger partial charge in [0.1, 0.15) is 10.5 Å². The van der Waals surface area contributed by atoms with Gasteiger partial charge >= 0.3 is 16.1 Å². The molecule has 0 aliphatic carbocycles. The molecule has 7 heteroatoms. The number of aromatic nitrogens is 1. The minimum absolute atomic E-state index is 0.0647. The zero-order chi connectivity index (χ0) is 14.8. The number of rotatable bonds is 4. The van der Waals surface area contributed by atoms with Gasteiger partial charge in [-0.1, -0.05) is 17.7 Å². The monoisotopic (exact) mass is 293 g/mol. The zero-order valence-electron chi connectivity index (χ0n) is 10.5. The summed E-state index contributed by atoms with van der Waals surface area (Å²) in [7, 11) is -4.11. The Balaban J connectivity index is 2.38. The van der Waals surface area contributed by atoms with Crippen LogP contribution in [0, 0.1) is 6.92 Å². The van der Waals surface area contributed by atoms with Crippen molar-refractivity contribution < 1.29 is 22.5 Å². The van der Waals surface area contributed by atoms with Crippen LogP contribution in [0.5, 0.6) is 5.88 Å². The van der Waals surface area contributed by atoms with E-state index in [2.05, 4.69) is 4.98 Å². The molecule has 2 rings (SSSR count). The molecule has 1 heterocycles. The summed E-state index contributed by atoms with van der Waals surface area (Å²) in [6, 6.07) is 8.60. The Bertz CT molecular complexity index is 738. The average molecular weight is 293 g/mol. The van der Waals surface area contributed by atoms with Gasteiger partial charge in [-0.3, -0.25) is 0 Å². The lowest BCUT2D eigenvalue weighted by Gasteiger charge is -2.08. The van der Waals surface area contributed by atoms with E-state index in [0.29, 0.717) is 0 Å². The third-order valence-corrected chi connectivity index (χ3v) is 3.73. The van der Waals surface area contributed by atoms with Crippen LogP contribution in [-0.4, -0.2) is 24.5 Å². The lowest BCUT2D eigenvalue weighted by Crippen LogP contribution is -2.13. The zero-order valence-corrected chi connectivity index (χ0v) is 11.3. The van der Waals surface area contributed by atoms with Crippen molar-refractivity contribution in [1.29, 1.82) is 0 Å². The van der Waals surface area contributed by atoms with Gasteiger partial charge in [-0.15, -0.1) is 0 Å². The van der Waals surface area contributed by atoms with Crippen LogP contribution < -0.4 is 4.18 Å². The first-order valence-corrected chi connectivity index (χ1v) is 7.00. The van der Waals surface area contributed by atoms with E-state index in [-0.39, 0.29) is 10.5 Å². The molecule has 0 aliphatic heterocycles. The highest BCUT2D eigenvalue weighted by molar-refractivity contribution is 7.87. The largest absolute Gasteiger partial charge is 0.477 e. The van der Waals surface area contributed by atoms with Gasteiger partial charge in [0.05, 0.1) is 0 Å². The standard InChI is InChI=1S/C13H11NO5S/c1-9-4-6-10(7-5-9)20(17,18)19-12-11(13(15)16)3-2-8-14-12/h2-8H,1H3,(H,15,16). The van der Waals surface area contributed by atoms with Crippen molar-refractivity contribution in [3.8, 4) is 5.88 Å². The summed E-state index contributed by atoms with van der Waals surface area (Å²) in [4.78, 5) is 14.6. The number of benzene rings is 1. The number of carboxylic acid groups (broad SMARTS) is 1. The molecule has 0 fully saturated rings. The molecule has 0 saturated carbocycles. The molecule has 0 saturated heterocycles. The van der Waals surface area contributed by atoms with Crippen LogP contribution in [0.3, 0.4) is 0 Å². The SMILES string of the molecule is Cc1ccc(S(=O)(=O)Oc2ncccc2C(=O)O)cc1. The van der Waals surface area contributed by atoms with Crippen molar-refractivity contribution in [3.63, 3.8) is 0 Å². The van der Waals surface area contributed by atoms with Crippen LogP contribution in [0.15, 0.2) is 47.5 Å². The predicted octanol–water partition coefficient (Wildman–Crippen LogP) is 1.86. The van der Waals surface area contributed by atoms with Crippen LogP contribution in [-0.2, 0) is 10.1 Å². The van der Waals surface area contributed by atoms with Gasteiger partial charge in [-0.25, -0.2) is 9.78 Å². The fraction of sp³-hybridized carbons (Fsp3) is 0.0769. The number of carboxylic acids is 1. The summed E-state index contributed by atoms with van der Waals surface area (Å²) in [6.45, 7) is 1.82. The van der Waals surface area contributed by atoms with E-state index in [1.807, 2.05) is 6.92 Å². The highest BCUT2D eigenvalue weighted by Crippen LogP contribution is 2.20. The number of pyridine rings is 1. The van der Waals surface area contributed by atoms with E-state index >= 15 is 0 Å². The van der Waals surface area contributed by atoms with Gasteiger partial charge < -0.3 is 9.29 Å². The predicted molar refractivity (Wildman–Crippen MR) is 70.2 cm³/mol. The molecule has 20 heavy (non-hydrogen) atoms. The summed E-state index contributed by atoms with van der Waals surface area (Å²) >= 11 is 0. The van der Waals surface area contributed by atoms with Crippen molar-refractivity contribution in [2.75, 3.05) is 0 Å². The number of aryl methyl sites for hydroxylation is 1. The first-order valence-electron chi connectivity index (χ1n) is 5.59. The molecule has 0 atom stereocenters. The fourth-order valence-electron chi connectivity index (χ4n) is 1.48. The first kappa shape index (κ1) is 14.0. The van der Waals surface area contributed by atoms with Crippen LogP contribution >= 0.6 is 0 Å². The van der Waals surface area contributed by atoms with Crippen molar-refractivity contribution in [3.05, 3.63) is 53.7 Å². The van der Waals surface area contributed by atoms with Gasteiger partial charge in [0.15, 0.2) is 0 Å². The Morgan fingerprint density at radius 2 is 1.85 bits per heavy atom. The highest BCUT2D eigenvalue weighted by atomic mass is 32.2. The second-order valence-corrected chi connectivity index (χ2v) is 5.56. The topological polar surface area (TPSA) is 93.6 Å². The van der Waals surface area contributed by atoms with Gasteiger partial charge in [0.25, 0.3) is 0 Å². The van der Waals surface area contributed by atoms with Gasteiger partial charge in [-0.05, 0) is 31.2 Å². The Labute approximate surface area is 115 Å². The minimum atomic E-state index is -4.11. The maximum atomic E-state index is 12.0. The molecule has 0 amide bonds. The molecule has 0 radical (unpaired) electrons. The first-order chi connectivity index (χ1) is 9.40. The van der Waals surface area contributed by atoms with E-state index in [4.69, 9.17) is 9.29 Å². The highest BCUT2D eigenvalue weighted by Gasteiger charge is 2.21. The molecule has 1 aromatic carbocycles. The third kappa shape index (κ3) is 2.94. The van der Waals surface area contributed by atoms with Crippen molar-refractivity contribution in [2.45, 2.75) is 11.8 Å². The fourth-order valence-corrected chi connectivity index (χ4v) is 2.38. The summed E-state index contributed by atoms with van der Waals surface area (Å²) in [5.41, 5.74) is 0.580. The minimum Gasteiger partial charge on any atom is -0.477 e. The van der Waals surface area contributed by atoms with Crippen LogP contribution in [0.25, 0.3) is 0 Å². The summed E-state index contributed by atoms with van der Waals surface area (Å²) in [5, 5.41) is 8.95. The van der Waals surface area contributed by atoms with Crippen molar-refractivity contribution in [1.82, 2.24) is 4.98 Å². The molecule has 1 N–H and O–H groups in total. The number of hydrogen-bond donors (Lipinski definition) is 1. The molecule has 0 bridgehead atoms. The third-order valence-electron chi connectivity index (χ3n) is 2.50. The lowest BCUT2D eigenvalue weighted by molar-refractivity contribution is 0.0694. The maximum Gasteiger partial charge on any atom is 0.341 e. The quantitative estimate of drug-likeness (QED) is 0.865. The van der Waals surface area contributed by atoms with E-state index in [1.54, 1.807) is 12.1 Å². The second kappa shape index (κ2) is 5.30. The number of carbonyl (C=O) groups is 1. The molecule has 1 aromatic heterocycles. The molecule has 6 nitrogen and oxygen atoms in total. The Morgan fingerprint density at radius 1 is 1.20 bits per heavy atom. The maximum absolute atomic E-state index is 12.0. The second-order valence-electron chi connectivity index (χ2n) is 4.01. The Morgan fingerprint density at radius 3 is 2.45 bits per heavy atom. The van der Waals surface area contributed by atoms with Crippen LogP contribution in [0.1, 0.15) is 15.9 Å². The van der Waals surface area contributed by atoms with Crippen molar-refractivity contribution >= 4 is 16.1 Å². The summed E-state index contributed by atoms with van der Waals surface area (Å²) < 4.78 is 28.9. The Hall–Kier alpha value is -2.41. The molecular weight excluding hydrogens is 282 g/mol. The number of aromatic carboxylic acids is 1. The normalized spacial score (nSPS) is 11.1. The molecule has 0 aliphatic rings. The van der Waals surface area contributed by atoms with E-state index < -0.39 is 22.0 Å². The van der Waals surface area contributed by atoms with Crippen LogP contribution in [0.4, 0.5) is 0 Å².